The average molecular weight is 475 g/mol. The fourth-order valence-electron chi connectivity index (χ4n) is 7.29. The summed E-state index contributed by atoms with van der Waals surface area (Å²) in [6, 6.07) is 6.35. The molecule has 172 valence electrons. The van der Waals surface area contributed by atoms with Crippen LogP contribution in [0.4, 0.5) is 10.8 Å². The molecule has 2 atom stereocenters. The molecule has 4 aliphatic rings. The second-order valence-corrected chi connectivity index (χ2v) is 13.6. The van der Waals surface area contributed by atoms with Crippen molar-refractivity contribution in [3.63, 3.8) is 0 Å². The van der Waals surface area contributed by atoms with Crippen molar-refractivity contribution in [2.75, 3.05) is 10.0 Å². The first-order chi connectivity index (χ1) is 15.0. The Labute approximate surface area is 193 Å². The van der Waals surface area contributed by atoms with Gasteiger partial charge >= 0.3 is 0 Å². The Kier molecular flexibility index (Phi) is 4.94. The molecule has 7 nitrogen and oxygen atoms in total. The van der Waals surface area contributed by atoms with E-state index in [2.05, 4.69) is 34.1 Å². The first-order valence-electron chi connectivity index (χ1n) is 11.3. The van der Waals surface area contributed by atoms with E-state index in [4.69, 9.17) is 0 Å². The van der Waals surface area contributed by atoms with Gasteiger partial charge in [-0.25, -0.2) is 8.42 Å². The lowest BCUT2D eigenvalue weighted by Gasteiger charge is -2.64. The van der Waals surface area contributed by atoms with Crippen molar-refractivity contribution in [2.24, 2.45) is 22.2 Å². The van der Waals surface area contributed by atoms with Gasteiger partial charge in [0.15, 0.2) is 0 Å². The molecule has 6 rings (SSSR count). The molecule has 32 heavy (non-hydrogen) atoms. The Morgan fingerprint density at radius 1 is 1.06 bits per heavy atom. The molecule has 1 amide bonds. The Morgan fingerprint density at radius 3 is 2.28 bits per heavy atom. The molecule has 1 heterocycles. The molecule has 4 bridgehead atoms. The highest BCUT2D eigenvalue weighted by Crippen LogP contribution is 2.69. The lowest BCUT2D eigenvalue weighted by molar-refractivity contribution is -0.165. The van der Waals surface area contributed by atoms with Crippen molar-refractivity contribution in [1.82, 2.24) is 10.2 Å². The number of amides is 1. The number of benzene rings is 1. The van der Waals surface area contributed by atoms with E-state index in [0.29, 0.717) is 18.0 Å². The predicted molar refractivity (Wildman–Crippen MR) is 125 cm³/mol. The van der Waals surface area contributed by atoms with Crippen LogP contribution in [0, 0.1) is 22.2 Å². The topological polar surface area (TPSA) is 101 Å². The van der Waals surface area contributed by atoms with Crippen LogP contribution in [0.25, 0.3) is 0 Å². The molecular formula is C23H30N4O3S2. The quantitative estimate of drug-likeness (QED) is 0.624. The summed E-state index contributed by atoms with van der Waals surface area (Å²) in [5, 5.41) is 11.9. The maximum atomic E-state index is 13.4. The van der Waals surface area contributed by atoms with Crippen LogP contribution < -0.4 is 10.0 Å². The van der Waals surface area contributed by atoms with Gasteiger partial charge in [0, 0.05) is 5.69 Å². The number of aryl methyl sites for hydroxylation is 1. The zero-order chi connectivity index (χ0) is 22.8. The van der Waals surface area contributed by atoms with E-state index in [9.17, 15) is 13.2 Å². The summed E-state index contributed by atoms with van der Waals surface area (Å²) in [4.78, 5) is 13.6. The SMILES string of the molecule is CCc1nnc(NS(=O)(=O)c2ccc(NC(=O)C34CC5C[C@@](C)(C3)C[C@@](C)(C5)C4)cc2)s1. The highest BCUT2D eigenvalue weighted by Gasteiger charge is 2.62. The number of anilines is 2. The van der Waals surface area contributed by atoms with Gasteiger partial charge < -0.3 is 5.32 Å². The Bertz CT molecular complexity index is 1140. The van der Waals surface area contributed by atoms with Gasteiger partial charge in [-0.3, -0.25) is 9.52 Å². The number of rotatable bonds is 6. The molecular weight excluding hydrogens is 444 g/mol. The summed E-state index contributed by atoms with van der Waals surface area (Å²) in [7, 11) is -3.76. The monoisotopic (exact) mass is 474 g/mol. The maximum absolute atomic E-state index is 13.4. The van der Waals surface area contributed by atoms with Gasteiger partial charge in [-0.1, -0.05) is 32.1 Å². The molecule has 0 aliphatic heterocycles. The van der Waals surface area contributed by atoms with Gasteiger partial charge in [-0.15, -0.1) is 10.2 Å². The summed E-state index contributed by atoms with van der Waals surface area (Å²) in [5.74, 6) is 0.730. The summed E-state index contributed by atoms with van der Waals surface area (Å²) in [5.41, 5.74) is 0.850. The molecule has 4 aliphatic carbocycles. The van der Waals surface area contributed by atoms with Gasteiger partial charge in [-0.2, -0.15) is 0 Å². The van der Waals surface area contributed by atoms with Crippen molar-refractivity contribution in [3.8, 4) is 0 Å². The fraction of sp³-hybridized carbons (Fsp3) is 0.609. The van der Waals surface area contributed by atoms with E-state index in [1.165, 1.54) is 42.7 Å². The normalized spacial score (nSPS) is 33.3. The summed E-state index contributed by atoms with van der Waals surface area (Å²) in [6.45, 7) is 6.65. The van der Waals surface area contributed by atoms with Crippen LogP contribution >= 0.6 is 11.3 Å². The summed E-state index contributed by atoms with van der Waals surface area (Å²) >= 11 is 1.22. The number of aromatic nitrogens is 2. The number of sulfonamides is 1. The fourth-order valence-corrected chi connectivity index (χ4v) is 9.20. The number of hydrogen-bond acceptors (Lipinski definition) is 6. The lowest BCUT2D eigenvalue weighted by Crippen LogP contribution is -2.58. The van der Waals surface area contributed by atoms with Crippen molar-refractivity contribution < 1.29 is 13.2 Å². The minimum absolute atomic E-state index is 0.0914. The maximum Gasteiger partial charge on any atom is 0.263 e. The number of hydrogen-bond donors (Lipinski definition) is 2. The predicted octanol–water partition coefficient (Wildman–Crippen LogP) is 4.84. The lowest BCUT2D eigenvalue weighted by atomic mass is 9.40. The second-order valence-electron chi connectivity index (χ2n) is 10.8. The number of nitrogens with zero attached hydrogens (tertiary/aromatic N) is 2. The first-order valence-corrected chi connectivity index (χ1v) is 13.6. The highest BCUT2D eigenvalue weighted by atomic mass is 32.2. The van der Waals surface area contributed by atoms with Crippen LogP contribution in [0.2, 0.25) is 0 Å². The largest absolute Gasteiger partial charge is 0.326 e. The minimum Gasteiger partial charge on any atom is -0.326 e. The molecule has 2 N–H and O–H groups in total. The molecule has 4 saturated carbocycles. The zero-order valence-electron chi connectivity index (χ0n) is 18.8. The molecule has 4 fully saturated rings. The molecule has 9 heteroatoms. The van der Waals surface area contributed by atoms with Gasteiger partial charge in [-0.05, 0) is 86.0 Å². The molecule has 0 unspecified atom stereocenters. The van der Waals surface area contributed by atoms with E-state index in [1.807, 2.05) is 6.92 Å². The zero-order valence-corrected chi connectivity index (χ0v) is 20.4. The summed E-state index contributed by atoms with van der Waals surface area (Å²) in [6.07, 6.45) is 7.29. The number of carbonyl (C=O) groups excluding carboxylic acids is 1. The van der Waals surface area contributed by atoms with Crippen molar-refractivity contribution in [1.29, 1.82) is 0 Å². The molecule has 0 saturated heterocycles. The number of carbonyl (C=O) groups is 1. The van der Waals surface area contributed by atoms with E-state index in [1.54, 1.807) is 12.1 Å². The van der Waals surface area contributed by atoms with Gasteiger partial charge in [0.2, 0.25) is 11.0 Å². The Morgan fingerprint density at radius 2 is 1.72 bits per heavy atom. The molecule has 2 aromatic rings. The molecule has 1 aromatic heterocycles. The second kappa shape index (κ2) is 7.25. The van der Waals surface area contributed by atoms with Crippen LogP contribution in [0.3, 0.4) is 0 Å². The van der Waals surface area contributed by atoms with Crippen LogP contribution in [-0.4, -0.2) is 24.5 Å². The van der Waals surface area contributed by atoms with E-state index >= 15 is 0 Å². The van der Waals surface area contributed by atoms with E-state index in [-0.39, 0.29) is 32.2 Å². The van der Waals surface area contributed by atoms with Gasteiger partial charge in [0.25, 0.3) is 10.0 Å². The Balaban J connectivity index is 1.30. The third-order valence-electron chi connectivity index (χ3n) is 7.52. The van der Waals surface area contributed by atoms with Crippen LogP contribution in [-0.2, 0) is 21.2 Å². The first kappa shape index (κ1) is 21.8. The molecule has 0 spiro atoms. The van der Waals surface area contributed by atoms with E-state index in [0.717, 1.165) is 24.3 Å². The van der Waals surface area contributed by atoms with Crippen molar-refractivity contribution >= 4 is 38.1 Å². The van der Waals surface area contributed by atoms with Crippen LogP contribution in [0.1, 0.15) is 64.3 Å². The van der Waals surface area contributed by atoms with E-state index < -0.39 is 10.0 Å². The van der Waals surface area contributed by atoms with Gasteiger partial charge in [0.05, 0.1) is 10.3 Å². The van der Waals surface area contributed by atoms with Crippen LogP contribution in [0.15, 0.2) is 29.2 Å². The van der Waals surface area contributed by atoms with Gasteiger partial charge in [0.1, 0.15) is 5.01 Å². The minimum atomic E-state index is -3.76. The summed E-state index contributed by atoms with van der Waals surface area (Å²) < 4.78 is 27.8. The number of nitrogens with one attached hydrogen (secondary N) is 2. The average Bonchev–Trinajstić information content (AvgIpc) is 3.12. The molecule has 0 radical (unpaired) electrons. The van der Waals surface area contributed by atoms with Crippen molar-refractivity contribution in [2.45, 2.75) is 70.6 Å². The smallest absolute Gasteiger partial charge is 0.263 e. The standard InChI is InChI=1S/C23H30N4O3S2/c1-4-18-25-26-20(31-18)27-32(29,30)17-7-5-16(6-8-17)24-19(28)23-11-15-9-21(2,13-23)12-22(3,10-15)14-23/h5-8,15H,4,9-14H2,1-3H3,(H,24,28)(H,26,27)/t15?,21-,22-,23?/m1/s1. The third kappa shape index (κ3) is 3.83. The third-order valence-corrected chi connectivity index (χ3v) is 9.99. The highest BCUT2D eigenvalue weighted by molar-refractivity contribution is 7.93. The molecule has 1 aromatic carbocycles. The Hall–Kier alpha value is -2.00. The van der Waals surface area contributed by atoms with Crippen molar-refractivity contribution in [3.05, 3.63) is 29.3 Å². The van der Waals surface area contributed by atoms with Crippen LogP contribution in [0.5, 0.6) is 0 Å².